The minimum atomic E-state index is 0.109. The van der Waals surface area contributed by atoms with Crippen LogP contribution in [0.1, 0.15) is 32.1 Å². The highest BCUT2D eigenvalue weighted by atomic mass is 79.9. The molecule has 1 aromatic heterocycles. The molecule has 1 aliphatic carbocycles. The van der Waals surface area contributed by atoms with Gasteiger partial charge in [0.15, 0.2) is 0 Å². The lowest BCUT2D eigenvalue weighted by molar-refractivity contribution is 0.0689. The fourth-order valence-corrected chi connectivity index (χ4v) is 3.14. The summed E-state index contributed by atoms with van der Waals surface area (Å²) in [7, 11) is 2.10. The topological polar surface area (TPSA) is 61.3 Å². The van der Waals surface area contributed by atoms with E-state index in [1.54, 1.807) is 12.4 Å². The number of nitrogens with one attached hydrogen (secondary N) is 1. The Bertz CT molecular complexity index is 406. The van der Waals surface area contributed by atoms with Gasteiger partial charge in [0.1, 0.15) is 0 Å². The summed E-state index contributed by atoms with van der Waals surface area (Å²) in [5.41, 5.74) is 0.109. The number of aliphatic hydroxyl groups excluding tert-OH is 1. The first kappa shape index (κ1) is 15.7. The maximum atomic E-state index is 9.21. The van der Waals surface area contributed by atoms with Crippen molar-refractivity contribution in [2.75, 3.05) is 32.1 Å². The van der Waals surface area contributed by atoms with Gasteiger partial charge in [-0.2, -0.15) is 0 Å². The summed E-state index contributed by atoms with van der Waals surface area (Å²) < 4.78 is 0.882. The van der Waals surface area contributed by atoms with Crippen molar-refractivity contribution in [3.63, 3.8) is 0 Å². The van der Waals surface area contributed by atoms with E-state index in [2.05, 4.69) is 43.2 Å². The molecule has 0 aromatic carbocycles. The Balaban J connectivity index is 2.01. The number of β-amino-alcohol motifs (C(OH)–C–C–N with tert-alkyl or cyclic N) is 1. The molecule has 0 atom stereocenters. The Kier molecular flexibility index (Phi) is 5.74. The molecule has 0 aliphatic heterocycles. The van der Waals surface area contributed by atoms with Gasteiger partial charge in [-0.25, -0.2) is 9.97 Å². The van der Waals surface area contributed by atoms with Crippen LogP contribution in [0, 0.1) is 0 Å². The number of nitrogens with zero attached hydrogens (tertiary/aromatic N) is 3. The van der Waals surface area contributed by atoms with Crippen LogP contribution < -0.4 is 5.32 Å². The minimum Gasteiger partial charge on any atom is -0.395 e. The maximum Gasteiger partial charge on any atom is 0.222 e. The fourth-order valence-electron chi connectivity index (χ4n) is 2.94. The molecule has 6 heteroatoms. The number of hydrogen-bond donors (Lipinski definition) is 2. The van der Waals surface area contributed by atoms with E-state index in [1.165, 1.54) is 19.3 Å². The van der Waals surface area contributed by atoms with Gasteiger partial charge in [0.2, 0.25) is 5.95 Å². The van der Waals surface area contributed by atoms with Crippen molar-refractivity contribution in [1.29, 1.82) is 0 Å². The molecular weight excluding hydrogens is 320 g/mol. The molecule has 1 saturated carbocycles. The summed E-state index contributed by atoms with van der Waals surface area (Å²) >= 11 is 3.34. The van der Waals surface area contributed by atoms with Crippen molar-refractivity contribution in [3.8, 4) is 0 Å². The van der Waals surface area contributed by atoms with Crippen LogP contribution in [-0.4, -0.2) is 52.3 Å². The smallest absolute Gasteiger partial charge is 0.222 e. The molecule has 0 spiro atoms. The molecule has 0 unspecified atom stereocenters. The number of hydrogen-bond acceptors (Lipinski definition) is 5. The Hall–Kier alpha value is -0.720. The monoisotopic (exact) mass is 342 g/mol. The Labute approximate surface area is 128 Å². The molecule has 5 nitrogen and oxygen atoms in total. The number of anilines is 1. The first-order chi connectivity index (χ1) is 9.66. The summed E-state index contributed by atoms with van der Waals surface area (Å²) in [5, 5.41) is 12.6. The quantitative estimate of drug-likeness (QED) is 0.830. The van der Waals surface area contributed by atoms with Gasteiger partial charge < -0.3 is 10.4 Å². The summed E-state index contributed by atoms with van der Waals surface area (Å²) in [6.45, 7) is 1.74. The molecule has 0 bridgehead atoms. The van der Waals surface area contributed by atoms with Gasteiger partial charge in [0, 0.05) is 31.0 Å². The van der Waals surface area contributed by atoms with E-state index < -0.39 is 0 Å². The van der Waals surface area contributed by atoms with Gasteiger partial charge in [-0.05, 0) is 35.8 Å². The van der Waals surface area contributed by atoms with Crippen LogP contribution in [0.3, 0.4) is 0 Å². The minimum absolute atomic E-state index is 0.109. The lowest BCUT2D eigenvalue weighted by Crippen LogP contribution is -2.53. The van der Waals surface area contributed by atoms with Crippen molar-refractivity contribution in [1.82, 2.24) is 14.9 Å². The molecule has 1 fully saturated rings. The van der Waals surface area contributed by atoms with Gasteiger partial charge in [-0.15, -0.1) is 0 Å². The Morgan fingerprint density at radius 3 is 2.55 bits per heavy atom. The van der Waals surface area contributed by atoms with Crippen molar-refractivity contribution in [2.24, 2.45) is 0 Å². The van der Waals surface area contributed by atoms with Gasteiger partial charge >= 0.3 is 0 Å². The van der Waals surface area contributed by atoms with Crippen molar-refractivity contribution in [3.05, 3.63) is 16.9 Å². The molecular formula is C14H23BrN4O. The lowest BCUT2D eigenvalue weighted by atomic mass is 9.80. The molecule has 2 N–H and O–H groups in total. The SMILES string of the molecule is CN(CCO)C1(CNc2ncc(Br)cn2)CCCCC1. The summed E-state index contributed by atoms with van der Waals surface area (Å²) in [6, 6.07) is 0. The van der Waals surface area contributed by atoms with Crippen LogP contribution >= 0.6 is 15.9 Å². The lowest BCUT2D eigenvalue weighted by Gasteiger charge is -2.44. The second-order valence-electron chi connectivity index (χ2n) is 5.51. The third kappa shape index (κ3) is 3.90. The molecule has 0 saturated heterocycles. The number of likely N-dealkylation sites (N-methyl/N-ethyl adjacent to an activating group) is 1. The van der Waals surface area contributed by atoms with Gasteiger partial charge in [-0.3, -0.25) is 4.90 Å². The first-order valence-corrected chi connectivity index (χ1v) is 7.99. The summed E-state index contributed by atoms with van der Waals surface area (Å²) in [5.74, 6) is 0.663. The van der Waals surface area contributed by atoms with Crippen molar-refractivity contribution >= 4 is 21.9 Å². The van der Waals surface area contributed by atoms with Crippen molar-refractivity contribution < 1.29 is 5.11 Å². The number of aliphatic hydroxyl groups is 1. The maximum absolute atomic E-state index is 9.21. The zero-order valence-corrected chi connectivity index (χ0v) is 13.6. The van der Waals surface area contributed by atoms with Gasteiger partial charge in [-0.1, -0.05) is 19.3 Å². The third-order valence-electron chi connectivity index (χ3n) is 4.23. The fraction of sp³-hybridized carbons (Fsp3) is 0.714. The molecule has 0 amide bonds. The molecule has 1 aliphatic rings. The van der Waals surface area contributed by atoms with E-state index in [1.807, 2.05) is 0 Å². The van der Waals surface area contributed by atoms with Crippen LogP contribution in [0.4, 0.5) is 5.95 Å². The number of rotatable bonds is 6. The molecule has 2 rings (SSSR count). The zero-order chi connectivity index (χ0) is 14.4. The summed E-state index contributed by atoms with van der Waals surface area (Å²) in [6.07, 6.45) is 9.63. The van der Waals surface area contributed by atoms with E-state index >= 15 is 0 Å². The second kappa shape index (κ2) is 7.33. The van der Waals surface area contributed by atoms with Crippen LogP contribution in [0.15, 0.2) is 16.9 Å². The van der Waals surface area contributed by atoms with Gasteiger partial charge in [0.25, 0.3) is 0 Å². The van der Waals surface area contributed by atoms with E-state index in [0.29, 0.717) is 12.5 Å². The van der Waals surface area contributed by atoms with E-state index in [0.717, 1.165) is 23.9 Å². The summed E-state index contributed by atoms with van der Waals surface area (Å²) in [4.78, 5) is 10.8. The molecule has 0 radical (unpaired) electrons. The second-order valence-corrected chi connectivity index (χ2v) is 6.42. The van der Waals surface area contributed by atoms with Crippen LogP contribution in [-0.2, 0) is 0 Å². The van der Waals surface area contributed by atoms with E-state index in [9.17, 15) is 5.11 Å². The third-order valence-corrected chi connectivity index (χ3v) is 4.63. The molecule has 112 valence electrons. The van der Waals surface area contributed by atoms with Crippen LogP contribution in [0.5, 0.6) is 0 Å². The van der Waals surface area contributed by atoms with Crippen molar-refractivity contribution in [2.45, 2.75) is 37.6 Å². The highest BCUT2D eigenvalue weighted by Crippen LogP contribution is 2.32. The highest BCUT2D eigenvalue weighted by Gasteiger charge is 2.35. The normalized spacial score (nSPS) is 18.2. The predicted molar refractivity (Wildman–Crippen MR) is 83.8 cm³/mol. The number of aromatic nitrogens is 2. The molecule has 1 aromatic rings. The van der Waals surface area contributed by atoms with Crippen LogP contribution in [0.25, 0.3) is 0 Å². The Morgan fingerprint density at radius 1 is 1.30 bits per heavy atom. The Morgan fingerprint density at radius 2 is 1.95 bits per heavy atom. The largest absolute Gasteiger partial charge is 0.395 e. The predicted octanol–water partition coefficient (Wildman–Crippen LogP) is 2.28. The number of halogens is 1. The standard InChI is InChI=1S/C14H23BrN4O/c1-19(7-8-20)14(5-3-2-4-6-14)11-18-13-16-9-12(15)10-17-13/h9-10,20H,2-8,11H2,1H3,(H,16,17,18). The van der Waals surface area contributed by atoms with E-state index in [-0.39, 0.29) is 12.1 Å². The van der Waals surface area contributed by atoms with E-state index in [4.69, 9.17) is 0 Å². The first-order valence-electron chi connectivity index (χ1n) is 7.20. The highest BCUT2D eigenvalue weighted by molar-refractivity contribution is 9.10. The molecule has 1 heterocycles. The van der Waals surface area contributed by atoms with Crippen LogP contribution in [0.2, 0.25) is 0 Å². The average Bonchev–Trinajstić information content (AvgIpc) is 2.48. The zero-order valence-electron chi connectivity index (χ0n) is 12.0. The molecule has 20 heavy (non-hydrogen) atoms. The van der Waals surface area contributed by atoms with Gasteiger partial charge in [0.05, 0.1) is 11.1 Å². The average molecular weight is 343 g/mol.